The van der Waals surface area contributed by atoms with Crippen LogP contribution in [-0.2, 0) is 0 Å². The topological polar surface area (TPSA) is 21.3 Å². The van der Waals surface area contributed by atoms with Crippen molar-refractivity contribution in [2.24, 2.45) is 5.92 Å². The van der Waals surface area contributed by atoms with Crippen molar-refractivity contribution in [2.45, 2.75) is 39.7 Å². The van der Waals surface area contributed by atoms with Crippen molar-refractivity contribution >= 4 is 11.3 Å². The zero-order valence-electron chi connectivity index (χ0n) is 10.7. The molecule has 0 saturated heterocycles. The summed E-state index contributed by atoms with van der Waals surface area (Å²) in [7, 11) is 1.75. The molecule has 0 radical (unpaired) electrons. The third-order valence-corrected chi connectivity index (χ3v) is 4.09. The highest BCUT2D eigenvalue weighted by Gasteiger charge is 2.23. The fraction of sp³-hybridized carbons (Fsp3) is 0.692. The molecule has 0 fully saturated rings. The van der Waals surface area contributed by atoms with E-state index in [1.54, 1.807) is 18.4 Å². The zero-order valence-corrected chi connectivity index (χ0v) is 11.6. The molecule has 2 nitrogen and oxygen atoms in total. The van der Waals surface area contributed by atoms with E-state index < -0.39 is 0 Å². The molecule has 1 aromatic rings. The Morgan fingerprint density at radius 1 is 1.31 bits per heavy atom. The van der Waals surface area contributed by atoms with Gasteiger partial charge < -0.3 is 10.1 Å². The van der Waals surface area contributed by atoms with E-state index in [0.717, 1.165) is 12.3 Å². The SMILES string of the molecule is CCNC(c1sccc1OC)C(CC)CC. The summed E-state index contributed by atoms with van der Waals surface area (Å²) < 4.78 is 5.42. The number of hydrogen-bond donors (Lipinski definition) is 1. The Bertz CT molecular complexity index is 294. The molecule has 1 rings (SSSR count). The molecule has 3 heteroatoms. The molecule has 0 amide bonds. The van der Waals surface area contributed by atoms with E-state index in [0.29, 0.717) is 12.0 Å². The van der Waals surface area contributed by atoms with E-state index in [1.165, 1.54) is 17.7 Å². The van der Waals surface area contributed by atoms with Gasteiger partial charge in [-0.25, -0.2) is 0 Å². The molecule has 1 aromatic heterocycles. The quantitative estimate of drug-likeness (QED) is 0.783. The van der Waals surface area contributed by atoms with Crippen molar-refractivity contribution in [1.82, 2.24) is 5.32 Å². The van der Waals surface area contributed by atoms with Crippen LogP contribution in [0.25, 0.3) is 0 Å². The van der Waals surface area contributed by atoms with Crippen LogP contribution in [0.3, 0.4) is 0 Å². The van der Waals surface area contributed by atoms with Gasteiger partial charge >= 0.3 is 0 Å². The summed E-state index contributed by atoms with van der Waals surface area (Å²) in [4.78, 5) is 1.35. The van der Waals surface area contributed by atoms with Gasteiger partial charge in [-0.2, -0.15) is 0 Å². The van der Waals surface area contributed by atoms with Gasteiger partial charge in [0.2, 0.25) is 0 Å². The lowest BCUT2D eigenvalue weighted by Gasteiger charge is -2.25. The van der Waals surface area contributed by atoms with Gasteiger partial charge in [-0.3, -0.25) is 0 Å². The summed E-state index contributed by atoms with van der Waals surface area (Å²) in [6.07, 6.45) is 2.41. The second kappa shape index (κ2) is 6.92. The van der Waals surface area contributed by atoms with Crippen LogP contribution in [0.4, 0.5) is 0 Å². The van der Waals surface area contributed by atoms with Crippen LogP contribution in [0.15, 0.2) is 11.4 Å². The van der Waals surface area contributed by atoms with Crippen molar-refractivity contribution in [3.8, 4) is 5.75 Å². The number of rotatable bonds is 7. The van der Waals surface area contributed by atoms with Gasteiger partial charge in [0.05, 0.1) is 12.0 Å². The Kier molecular flexibility index (Phi) is 5.85. The fourth-order valence-electron chi connectivity index (χ4n) is 2.16. The van der Waals surface area contributed by atoms with Crippen molar-refractivity contribution in [3.63, 3.8) is 0 Å². The first-order valence-corrected chi connectivity index (χ1v) is 7.01. The maximum atomic E-state index is 5.42. The molecule has 0 bridgehead atoms. The van der Waals surface area contributed by atoms with Gasteiger partial charge in [0, 0.05) is 6.04 Å². The lowest BCUT2D eigenvalue weighted by atomic mass is 9.92. The van der Waals surface area contributed by atoms with E-state index >= 15 is 0 Å². The van der Waals surface area contributed by atoms with Crippen LogP contribution in [0, 0.1) is 5.92 Å². The van der Waals surface area contributed by atoms with Gasteiger partial charge in [-0.05, 0) is 23.9 Å². The molecule has 1 heterocycles. The minimum Gasteiger partial charge on any atom is -0.496 e. The third-order valence-electron chi connectivity index (χ3n) is 3.10. The largest absolute Gasteiger partial charge is 0.496 e. The van der Waals surface area contributed by atoms with E-state index in [1.807, 2.05) is 0 Å². The van der Waals surface area contributed by atoms with Gasteiger partial charge in [0.15, 0.2) is 0 Å². The summed E-state index contributed by atoms with van der Waals surface area (Å²) in [5, 5.41) is 5.70. The van der Waals surface area contributed by atoms with Crippen molar-refractivity contribution in [2.75, 3.05) is 13.7 Å². The van der Waals surface area contributed by atoms with Gasteiger partial charge in [0.1, 0.15) is 5.75 Å². The van der Waals surface area contributed by atoms with E-state index in [-0.39, 0.29) is 0 Å². The predicted octanol–water partition coefficient (Wildman–Crippen LogP) is 3.84. The highest BCUT2D eigenvalue weighted by atomic mass is 32.1. The number of nitrogens with one attached hydrogen (secondary N) is 1. The van der Waals surface area contributed by atoms with Crippen LogP contribution in [-0.4, -0.2) is 13.7 Å². The van der Waals surface area contributed by atoms with Gasteiger partial charge in [-0.15, -0.1) is 11.3 Å². The van der Waals surface area contributed by atoms with Crippen LogP contribution in [0.5, 0.6) is 5.75 Å². The highest BCUT2D eigenvalue weighted by Crippen LogP contribution is 2.37. The molecule has 0 spiro atoms. The Morgan fingerprint density at radius 3 is 2.50 bits per heavy atom. The number of thiophene rings is 1. The summed E-state index contributed by atoms with van der Waals surface area (Å²) >= 11 is 1.79. The minimum atomic E-state index is 0.440. The Balaban J connectivity index is 2.91. The first kappa shape index (κ1) is 13.5. The van der Waals surface area contributed by atoms with Crippen LogP contribution in [0.2, 0.25) is 0 Å². The second-order valence-electron chi connectivity index (χ2n) is 3.97. The lowest BCUT2D eigenvalue weighted by Crippen LogP contribution is -2.27. The predicted molar refractivity (Wildman–Crippen MR) is 71.4 cm³/mol. The van der Waals surface area contributed by atoms with Crippen LogP contribution in [0.1, 0.15) is 44.5 Å². The summed E-state index contributed by atoms with van der Waals surface area (Å²) in [5.41, 5.74) is 0. The molecule has 1 unspecified atom stereocenters. The smallest absolute Gasteiger partial charge is 0.134 e. The average Bonchev–Trinajstić information content (AvgIpc) is 2.77. The maximum Gasteiger partial charge on any atom is 0.134 e. The third kappa shape index (κ3) is 2.98. The monoisotopic (exact) mass is 241 g/mol. The molecule has 1 atom stereocenters. The van der Waals surface area contributed by atoms with E-state index in [2.05, 4.69) is 37.5 Å². The number of hydrogen-bond acceptors (Lipinski definition) is 3. The zero-order chi connectivity index (χ0) is 12.0. The second-order valence-corrected chi connectivity index (χ2v) is 4.91. The first-order valence-electron chi connectivity index (χ1n) is 6.13. The van der Waals surface area contributed by atoms with E-state index in [9.17, 15) is 0 Å². The van der Waals surface area contributed by atoms with Crippen LogP contribution >= 0.6 is 11.3 Å². The molecule has 92 valence electrons. The highest BCUT2D eigenvalue weighted by molar-refractivity contribution is 7.10. The van der Waals surface area contributed by atoms with Gasteiger partial charge in [0.25, 0.3) is 0 Å². The molecular weight excluding hydrogens is 218 g/mol. The minimum absolute atomic E-state index is 0.440. The fourth-order valence-corrected chi connectivity index (χ4v) is 3.19. The van der Waals surface area contributed by atoms with E-state index in [4.69, 9.17) is 4.74 Å². The molecule has 0 aliphatic carbocycles. The Labute approximate surface area is 103 Å². The number of methoxy groups -OCH3 is 1. The molecule has 0 aliphatic heterocycles. The molecule has 1 N–H and O–H groups in total. The average molecular weight is 241 g/mol. The lowest BCUT2D eigenvalue weighted by molar-refractivity contribution is 0.335. The van der Waals surface area contributed by atoms with Gasteiger partial charge in [-0.1, -0.05) is 33.6 Å². The standard InChI is InChI=1S/C13H23NOS/c1-5-10(6-2)12(14-7-3)13-11(15-4)8-9-16-13/h8-10,12,14H,5-7H2,1-4H3. The van der Waals surface area contributed by atoms with Crippen LogP contribution < -0.4 is 10.1 Å². The Morgan fingerprint density at radius 2 is 2.00 bits per heavy atom. The van der Waals surface area contributed by atoms with Crippen molar-refractivity contribution in [3.05, 3.63) is 16.3 Å². The summed E-state index contributed by atoms with van der Waals surface area (Å²) in [6.45, 7) is 7.69. The number of ether oxygens (including phenoxy) is 1. The molecular formula is C13H23NOS. The summed E-state index contributed by atoms with van der Waals surface area (Å²) in [5.74, 6) is 1.72. The molecule has 16 heavy (non-hydrogen) atoms. The molecule has 0 aliphatic rings. The Hall–Kier alpha value is -0.540. The molecule has 0 aromatic carbocycles. The van der Waals surface area contributed by atoms with Crippen molar-refractivity contribution in [1.29, 1.82) is 0 Å². The summed E-state index contributed by atoms with van der Waals surface area (Å²) in [6, 6.07) is 2.50. The normalized spacial score (nSPS) is 13.1. The first-order chi connectivity index (χ1) is 7.78. The maximum absolute atomic E-state index is 5.42. The molecule has 0 saturated carbocycles. The van der Waals surface area contributed by atoms with Crippen molar-refractivity contribution < 1.29 is 4.74 Å².